The average Bonchev–Trinajstić information content (AvgIpc) is 2.96. The number of thiazole rings is 1. The van der Waals surface area contributed by atoms with Gasteiger partial charge in [0.2, 0.25) is 0 Å². The maximum atomic E-state index is 11.2. The summed E-state index contributed by atoms with van der Waals surface area (Å²) in [5.74, 6) is -0.131. The van der Waals surface area contributed by atoms with Crippen LogP contribution in [0.1, 0.15) is 28.7 Å². The molecule has 0 saturated heterocycles. The molecule has 2 rings (SSSR count). The molecular formula is C14H15NO4S. The highest BCUT2D eigenvalue weighted by Gasteiger charge is 2.13. The van der Waals surface area contributed by atoms with Gasteiger partial charge >= 0.3 is 5.97 Å². The topological polar surface area (TPSA) is 68.7 Å². The lowest BCUT2D eigenvalue weighted by Crippen LogP contribution is -2.04. The van der Waals surface area contributed by atoms with Gasteiger partial charge in [0.05, 0.1) is 6.61 Å². The van der Waals surface area contributed by atoms with Gasteiger partial charge in [-0.3, -0.25) is 0 Å². The van der Waals surface area contributed by atoms with Crippen LogP contribution in [0.25, 0.3) is 0 Å². The zero-order chi connectivity index (χ0) is 14.4. The fraction of sp³-hybridized carbons (Fsp3) is 0.286. The molecule has 0 aliphatic carbocycles. The highest BCUT2D eigenvalue weighted by atomic mass is 32.1. The molecule has 0 amide bonds. The number of hydrogen-bond donors (Lipinski definition) is 1. The quantitative estimate of drug-likeness (QED) is 0.849. The summed E-state index contributed by atoms with van der Waals surface area (Å²) >= 11 is 1.46. The van der Waals surface area contributed by atoms with E-state index in [0.29, 0.717) is 18.1 Å². The van der Waals surface area contributed by atoms with Crippen molar-refractivity contribution < 1.29 is 19.4 Å². The Morgan fingerprint density at radius 1 is 1.40 bits per heavy atom. The first kappa shape index (κ1) is 14.3. The highest BCUT2D eigenvalue weighted by Crippen LogP contribution is 2.26. The van der Waals surface area contributed by atoms with Crippen molar-refractivity contribution in [2.24, 2.45) is 0 Å². The van der Waals surface area contributed by atoms with E-state index in [2.05, 4.69) is 4.98 Å². The summed E-state index contributed by atoms with van der Waals surface area (Å²) in [6.07, 6.45) is 2.57. The fourth-order valence-corrected chi connectivity index (χ4v) is 2.10. The summed E-state index contributed by atoms with van der Waals surface area (Å²) in [7, 11) is 0. The number of rotatable bonds is 7. The van der Waals surface area contributed by atoms with Gasteiger partial charge in [0.15, 0.2) is 0 Å². The number of hydrogen-bond acceptors (Lipinski definition) is 5. The molecule has 0 atom stereocenters. The normalized spacial score (nSPS) is 10.2. The number of nitrogens with zero attached hydrogens (tertiary/aromatic N) is 1. The van der Waals surface area contributed by atoms with Crippen LogP contribution in [0.3, 0.4) is 0 Å². The maximum Gasteiger partial charge on any atom is 0.339 e. The third-order valence-electron chi connectivity index (χ3n) is 2.49. The lowest BCUT2D eigenvalue weighted by molar-refractivity contribution is 0.0691. The average molecular weight is 293 g/mol. The van der Waals surface area contributed by atoms with Crippen molar-refractivity contribution in [3.63, 3.8) is 0 Å². The first-order valence-corrected chi connectivity index (χ1v) is 7.10. The first-order chi connectivity index (χ1) is 9.70. The molecule has 0 spiro atoms. The maximum absolute atomic E-state index is 11.2. The first-order valence-electron chi connectivity index (χ1n) is 6.22. The molecule has 2 aromatic rings. The summed E-state index contributed by atoms with van der Waals surface area (Å²) in [6, 6.07) is 4.73. The van der Waals surface area contributed by atoms with Crippen molar-refractivity contribution >= 4 is 17.3 Å². The number of carboxylic acid groups (broad SMARTS) is 1. The van der Waals surface area contributed by atoms with E-state index in [1.807, 2.05) is 12.3 Å². The van der Waals surface area contributed by atoms with E-state index in [4.69, 9.17) is 14.6 Å². The van der Waals surface area contributed by atoms with Gasteiger partial charge in [-0.05, 0) is 18.6 Å². The van der Waals surface area contributed by atoms with Gasteiger partial charge in [-0.2, -0.15) is 0 Å². The van der Waals surface area contributed by atoms with Crippen LogP contribution < -0.4 is 9.47 Å². The molecule has 5 nitrogen and oxygen atoms in total. The number of aromatic carboxylic acids is 1. The smallest absolute Gasteiger partial charge is 0.339 e. The molecule has 0 unspecified atom stereocenters. The minimum atomic E-state index is -1.03. The summed E-state index contributed by atoms with van der Waals surface area (Å²) in [5.41, 5.74) is 0.116. The van der Waals surface area contributed by atoms with Crippen molar-refractivity contribution in [2.75, 3.05) is 6.61 Å². The van der Waals surface area contributed by atoms with Crippen LogP contribution >= 0.6 is 11.3 Å². The van der Waals surface area contributed by atoms with E-state index in [-0.39, 0.29) is 12.2 Å². The highest BCUT2D eigenvalue weighted by molar-refractivity contribution is 7.09. The van der Waals surface area contributed by atoms with Gasteiger partial charge in [0.25, 0.3) is 0 Å². The van der Waals surface area contributed by atoms with Crippen LogP contribution in [-0.4, -0.2) is 22.7 Å². The van der Waals surface area contributed by atoms with E-state index in [1.165, 1.54) is 17.4 Å². The van der Waals surface area contributed by atoms with Gasteiger partial charge in [-0.15, -0.1) is 11.3 Å². The van der Waals surface area contributed by atoms with E-state index < -0.39 is 5.97 Å². The largest absolute Gasteiger partial charge is 0.493 e. The molecule has 0 aliphatic rings. The Labute approximate surface area is 120 Å². The molecule has 0 aliphatic heterocycles. The second-order valence-electron chi connectivity index (χ2n) is 4.03. The Kier molecular flexibility index (Phi) is 4.95. The number of carbonyl (C=O) groups is 1. The molecular weight excluding hydrogens is 278 g/mol. The van der Waals surface area contributed by atoms with Gasteiger partial charge in [-0.1, -0.05) is 6.92 Å². The lowest BCUT2D eigenvalue weighted by atomic mass is 10.2. The number of ether oxygens (including phenoxy) is 2. The molecule has 1 aromatic carbocycles. The summed E-state index contributed by atoms with van der Waals surface area (Å²) in [6.45, 7) is 2.83. The Bertz CT molecular complexity index is 569. The van der Waals surface area contributed by atoms with Crippen LogP contribution in [0.15, 0.2) is 29.8 Å². The molecule has 0 saturated carbocycles. The van der Waals surface area contributed by atoms with Gasteiger partial charge in [0.1, 0.15) is 28.7 Å². The molecule has 1 N–H and O–H groups in total. The van der Waals surface area contributed by atoms with Gasteiger partial charge in [-0.25, -0.2) is 9.78 Å². The number of aromatic nitrogens is 1. The molecule has 20 heavy (non-hydrogen) atoms. The minimum absolute atomic E-state index is 0.116. The molecule has 1 heterocycles. The van der Waals surface area contributed by atoms with Crippen LogP contribution in [0.2, 0.25) is 0 Å². The van der Waals surface area contributed by atoms with Crippen LogP contribution in [0, 0.1) is 0 Å². The standard InChI is InChI=1S/C14H15NO4S/c1-2-6-18-10-3-4-11(14(16)17)12(8-10)19-9-13-15-5-7-20-13/h3-5,7-8H,2,6,9H2,1H3,(H,16,17). The van der Waals surface area contributed by atoms with Crippen LogP contribution in [-0.2, 0) is 6.61 Å². The Balaban J connectivity index is 2.15. The van der Waals surface area contributed by atoms with E-state index in [9.17, 15) is 4.79 Å². The number of benzene rings is 1. The Hall–Kier alpha value is -2.08. The predicted molar refractivity (Wildman–Crippen MR) is 75.6 cm³/mol. The molecule has 0 fully saturated rings. The molecule has 0 radical (unpaired) electrons. The van der Waals surface area contributed by atoms with Crippen molar-refractivity contribution in [1.82, 2.24) is 4.98 Å². The monoisotopic (exact) mass is 293 g/mol. The van der Waals surface area contributed by atoms with Crippen LogP contribution in [0.4, 0.5) is 0 Å². The summed E-state index contributed by atoms with van der Waals surface area (Å²) in [4.78, 5) is 15.3. The van der Waals surface area contributed by atoms with Crippen molar-refractivity contribution in [2.45, 2.75) is 20.0 Å². The summed E-state index contributed by atoms with van der Waals surface area (Å²) < 4.78 is 11.0. The van der Waals surface area contributed by atoms with Crippen molar-refractivity contribution in [3.05, 3.63) is 40.3 Å². The molecule has 0 bridgehead atoms. The van der Waals surface area contributed by atoms with Crippen LogP contribution in [0.5, 0.6) is 11.5 Å². The van der Waals surface area contributed by atoms with Gasteiger partial charge in [0, 0.05) is 17.6 Å². The third kappa shape index (κ3) is 3.71. The van der Waals surface area contributed by atoms with Gasteiger partial charge < -0.3 is 14.6 Å². The second kappa shape index (κ2) is 6.91. The SMILES string of the molecule is CCCOc1ccc(C(=O)O)c(OCc2nccs2)c1. The van der Waals surface area contributed by atoms with Crippen molar-refractivity contribution in [1.29, 1.82) is 0 Å². The lowest BCUT2D eigenvalue weighted by Gasteiger charge is -2.11. The minimum Gasteiger partial charge on any atom is -0.493 e. The summed E-state index contributed by atoms with van der Waals surface area (Å²) in [5, 5.41) is 11.8. The number of carboxylic acids is 1. The fourth-order valence-electron chi connectivity index (χ4n) is 1.57. The predicted octanol–water partition coefficient (Wildman–Crippen LogP) is 3.21. The Morgan fingerprint density at radius 3 is 2.90 bits per heavy atom. The zero-order valence-corrected chi connectivity index (χ0v) is 11.9. The zero-order valence-electron chi connectivity index (χ0n) is 11.0. The van der Waals surface area contributed by atoms with E-state index >= 15 is 0 Å². The third-order valence-corrected chi connectivity index (χ3v) is 3.24. The van der Waals surface area contributed by atoms with Crippen molar-refractivity contribution in [3.8, 4) is 11.5 Å². The molecule has 106 valence electrons. The van der Waals surface area contributed by atoms with E-state index in [1.54, 1.807) is 18.3 Å². The molecule has 1 aromatic heterocycles. The Morgan fingerprint density at radius 2 is 2.25 bits per heavy atom. The van der Waals surface area contributed by atoms with E-state index in [0.717, 1.165) is 11.4 Å². The molecule has 6 heteroatoms. The second-order valence-corrected chi connectivity index (χ2v) is 5.01.